The number of carbonyl (C=O) groups is 1. The minimum absolute atomic E-state index is 0.266. The van der Waals surface area contributed by atoms with Crippen molar-refractivity contribution < 1.29 is 19.0 Å². The van der Waals surface area contributed by atoms with Crippen molar-refractivity contribution in [3.63, 3.8) is 0 Å². The van der Waals surface area contributed by atoms with Crippen molar-refractivity contribution in [1.82, 2.24) is 0 Å². The largest absolute Gasteiger partial charge is 0.469 e. The van der Waals surface area contributed by atoms with Crippen LogP contribution in [0.4, 0.5) is 0 Å². The van der Waals surface area contributed by atoms with E-state index in [1.807, 2.05) is 13.8 Å². The SMILES string of the molecule is COC(=O)C1CC(C)(C)OC1OC. The first-order chi connectivity index (χ1) is 6.00. The number of methoxy groups -OCH3 is 2. The molecule has 0 amide bonds. The summed E-state index contributed by atoms with van der Waals surface area (Å²) in [5.74, 6) is -0.567. The van der Waals surface area contributed by atoms with E-state index in [1.54, 1.807) is 0 Å². The summed E-state index contributed by atoms with van der Waals surface area (Å²) >= 11 is 0. The van der Waals surface area contributed by atoms with Gasteiger partial charge in [0.05, 0.1) is 12.7 Å². The summed E-state index contributed by atoms with van der Waals surface area (Å²) in [5, 5.41) is 0. The topological polar surface area (TPSA) is 44.8 Å². The third kappa shape index (κ3) is 2.19. The summed E-state index contributed by atoms with van der Waals surface area (Å²) in [6.45, 7) is 3.86. The fourth-order valence-corrected chi connectivity index (χ4v) is 1.63. The van der Waals surface area contributed by atoms with E-state index in [4.69, 9.17) is 9.47 Å². The van der Waals surface area contributed by atoms with E-state index < -0.39 is 6.29 Å². The summed E-state index contributed by atoms with van der Waals surface area (Å²) in [4.78, 5) is 11.3. The summed E-state index contributed by atoms with van der Waals surface area (Å²) in [5.41, 5.74) is -0.306. The van der Waals surface area contributed by atoms with Gasteiger partial charge >= 0.3 is 5.97 Å². The molecule has 0 spiro atoms. The summed E-state index contributed by atoms with van der Waals surface area (Å²) in [6.07, 6.45) is 0.167. The molecule has 0 saturated carbocycles. The molecule has 1 heterocycles. The van der Waals surface area contributed by atoms with E-state index in [9.17, 15) is 4.79 Å². The predicted octanol–water partition coefficient (Wildman–Crippen LogP) is 0.947. The number of hydrogen-bond donors (Lipinski definition) is 0. The molecule has 0 aromatic heterocycles. The van der Waals surface area contributed by atoms with Crippen LogP contribution < -0.4 is 0 Å². The maximum Gasteiger partial charge on any atom is 0.313 e. The van der Waals surface area contributed by atoms with Gasteiger partial charge in [-0.3, -0.25) is 4.79 Å². The summed E-state index contributed by atoms with van der Waals surface area (Å²) in [6, 6.07) is 0. The standard InChI is InChI=1S/C9H16O4/c1-9(2)5-6(7(10)11-3)8(12-4)13-9/h6,8H,5H2,1-4H3. The lowest BCUT2D eigenvalue weighted by molar-refractivity contribution is -0.173. The van der Waals surface area contributed by atoms with Crippen molar-refractivity contribution >= 4 is 5.97 Å². The predicted molar refractivity (Wildman–Crippen MR) is 46.1 cm³/mol. The maximum absolute atomic E-state index is 11.3. The van der Waals surface area contributed by atoms with Crippen molar-refractivity contribution in [2.75, 3.05) is 14.2 Å². The van der Waals surface area contributed by atoms with Gasteiger partial charge in [0.1, 0.15) is 5.92 Å². The van der Waals surface area contributed by atoms with Crippen LogP contribution in [-0.2, 0) is 19.0 Å². The molecule has 13 heavy (non-hydrogen) atoms. The lowest BCUT2D eigenvalue weighted by atomic mass is 9.97. The Kier molecular flexibility index (Phi) is 2.93. The number of carbonyl (C=O) groups excluding carboxylic acids is 1. The zero-order valence-corrected chi connectivity index (χ0v) is 8.49. The smallest absolute Gasteiger partial charge is 0.313 e. The molecule has 4 nitrogen and oxygen atoms in total. The highest BCUT2D eigenvalue weighted by molar-refractivity contribution is 5.73. The minimum atomic E-state index is -0.470. The Morgan fingerprint density at radius 2 is 2.08 bits per heavy atom. The Hall–Kier alpha value is -0.610. The molecule has 4 heteroatoms. The van der Waals surface area contributed by atoms with E-state index in [1.165, 1.54) is 14.2 Å². The molecule has 76 valence electrons. The zero-order valence-electron chi connectivity index (χ0n) is 8.49. The van der Waals surface area contributed by atoms with Crippen LogP contribution in [0.1, 0.15) is 20.3 Å². The summed E-state index contributed by atoms with van der Waals surface area (Å²) in [7, 11) is 2.91. The van der Waals surface area contributed by atoms with Crippen molar-refractivity contribution in [1.29, 1.82) is 0 Å². The molecule has 0 aromatic carbocycles. The zero-order chi connectivity index (χ0) is 10.1. The van der Waals surface area contributed by atoms with Crippen LogP contribution in [-0.4, -0.2) is 32.1 Å². The molecule has 1 fully saturated rings. The van der Waals surface area contributed by atoms with Gasteiger partial charge in [0.15, 0.2) is 6.29 Å². The fraction of sp³-hybridized carbons (Fsp3) is 0.889. The first-order valence-corrected chi connectivity index (χ1v) is 4.28. The van der Waals surface area contributed by atoms with E-state index in [-0.39, 0.29) is 17.5 Å². The monoisotopic (exact) mass is 188 g/mol. The van der Waals surface area contributed by atoms with Crippen molar-refractivity contribution in [2.24, 2.45) is 5.92 Å². The van der Waals surface area contributed by atoms with Crippen LogP contribution in [0.15, 0.2) is 0 Å². The number of rotatable bonds is 2. The van der Waals surface area contributed by atoms with Gasteiger partial charge in [-0.15, -0.1) is 0 Å². The van der Waals surface area contributed by atoms with Crippen LogP contribution in [0.2, 0.25) is 0 Å². The second-order valence-corrected chi connectivity index (χ2v) is 3.82. The van der Waals surface area contributed by atoms with Crippen LogP contribution in [0, 0.1) is 5.92 Å². The average molecular weight is 188 g/mol. The van der Waals surface area contributed by atoms with Crippen LogP contribution in [0.25, 0.3) is 0 Å². The molecule has 2 unspecified atom stereocenters. The Morgan fingerprint density at radius 3 is 2.54 bits per heavy atom. The number of ether oxygens (including phenoxy) is 3. The Labute approximate surface area is 78.2 Å². The van der Waals surface area contributed by atoms with Crippen LogP contribution in [0.3, 0.4) is 0 Å². The average Bonchev–Trinajstić information content (AvgIpc) is 2.39. The number of hydrogen-bond acceptors (Lipinski definition) is 4. The van der Waals surface area contributed by atoms with E-state index in [0.717, 1.165) is 0 Å². The maximum atomic E-state index is 11.3. The highest BCUT2D eigenvalue weighted by Crippen LogP contribution is 2.35. The van der Waals surface area contributed by atoms with E-state index in [0.29, 0.717) is 6.42 Å². The fourth-order valence-electron chi connectivity index (χ4n) is 1.63. The highest BCUT2D eigenvalue weighted by Gasteiger charge is 2.45. The lowest BCUT2D eigenvalue weighted by Gasteiger charge is -2.17. The Morgan fingerprint density at radius 1 is 1.46 bits per heavy atom. The first kappa shape index (κ1) is 10.5. The molecule has 2 atom stereocenters. The summed E-state index contributed by atoms with van der Waals surface area (Å²) < 4.78 is 15.2. The quantitative estimate of drug-likeness (QED) is 0.605. The molecule has 1 saturated heterocycles. The molecule has 1 aliphatic rings. The molecule has 0 N–H and O–H groups in total. The molecular formula is C9H16O4. The van der Waals surface area contributed by atoms with Gasteiger partial charge in [-0.05, 0) is 20.3 Å². The lowest BCUT2D eigenvalue weighted by Crippen LogP contribution is -2.26. The number of esters is 1. The minimum Gasteiger partial charge on any atom is -0.469 e. The van der Waals surface area contributed by atoms with Gasteiger partial charge in [-0.1, -0.05) is 0 Å². The molecular weight excluding hydrogens is 172 g/mol. The van der Waals surface area contributed by atoms with E-state index in [2.05, 4.69) is 4.74 Å². The molecule has 1 aliphatic heterocycles. The van der Waals surface area contributed by atoms with Gasteiger partial charge < -0.3 is 14.2 Å². The molecule has 0 aliphatic carbocycles. The molecule has 0 radical (unpaired) electrons. The molecule has 0 aromatic rings. The van der Waals surface area contributed by atoms with E-state index >= 15 is 0 Å². The van der Waals surface area contributed by atoms with Gasteiger partial charge in [-0.25, -0.2) is 0 Å². The van der Waals surface area contributed by atoms with Crippen molar-refractivity contribution in [2.45, 2.75) is 32.2 Å². The van der Waals surface area contributed by atoms with Gasteiger partial charge in [-0.2, -0.15) is 0 Å². The van der Waals surface area contributed by atoms with Gasteiger partial charge in [0, 0.05) is 7.11 Å². The molecule has 0 bridgehead atoms. The van der Waals surface area contributed by atoms with Crippen LogP contribution in [0.5, 0.6) is 0 Å². The van der Waals surface area contributed by atoms with Crippen molar-refractivity contribution in [3.05, 3.63) is 0 Å². The van der Waals surface area contributed by atoms with Gasteiger partial charge in [0.25, 0.3) is 0 Å². The second kappa shape index (κ2) is 3.64. The second-order valence-electron chi connectivity index (χ2n) is 3.82. The van der Waals surface area contributed by atoms with Gasteiger partial charge in [0.2, 0.25) is 0 Å². The third-order valence-electron chi connectivity index (χ3n) is 2.21. The third-order valence-corrected chi connectivity index (χ3v) is 2.21. The Bertz CT molecular complexity index is 200. The Balaban J connectivity index is 2.69. The molecule has 1 rings (SSSR count). The van der Waals surface area contributed by atoms with Crippen molar-refractivity contribution in [3.8, 4) is 0 Å². The normalized spacial score (nSPS) is 31.7. The van der Waals surface area contributed by atoms with Crippen LogP contribution >= 0.6 is 0 Å². The highest BCUT2D eigenvalue weighted by atomic mass is 16.7. The first-order valence-electron chi connectivity index (χ1n) is 4.28.